The van der Waals surface area contributed by atoms with Crippen molar-refractivity contribution in [2.75, 3.05) is 6.54 Å². The smallest absolute Gasteiger partial charge is 0.224 e. The second-order valence-corrected chi connectivity index (χ2v) is 5.34. The van der Waals surface area contributed by atoms with Gasteiger partial charge < -0.3 is 4.90 Å². The Morgan fingerprint density at radius 3 is 2.73 bits per heavy atom. The number of amides is 1. The number of fused-ring (bicyclic) bond motifs is 1. The van der Waals surface area contributed by atoms with Crippen molar-refractivity contribution >= 4 is 16.9 Å². The number of benzene rings is 1. The summed E-state index contributed by atoms with van der Waals surface area (Å²) in [6.45, 7) is 0.717. The molecule has 0 bridgehead atoms. The van der Waals surface area contributed by atoms with Gasteiger partial charge in [-0.25, -0.2) is 4.68 Å². The molecule has 0 spiro atoms. The number of nitrogens with zero attached hydrogens (tertiary/aromatic N) is 5. The summed E-state index contributed by atoms with van der Waals surface area (Å²) in [5.74, 6) is 0.134. The van der Waals surface area contributed by atoms with E-state index in [0.717, 1.165) is 23.1 Å². The Labute approximate surface area is 127 Å². The van der Waals surface area contributed by atoms with Gasteiger partial charge in [-0.15, -0.1) is 5.10 Å². The fraction of sp³-hybridized carbons (Fsp3) is 0.250. The zero-order valence-corrected chi connectivity index (χ0v) is 12.0. The molecule has 1 unspecified atom stereocenters. The van der Waals surface area contributed by atoms with Crippen LogP contribution in [0.25, 0.3) is 11.0 Å². The number of likely N-dealkylation sites (tertiary alicyclic amines) is 1. The van der Waals surface area contributed by atoms with E-state index >= 15 is 0 Å². The molecule has 2 aromatic heterocycles. The van der Waals surface area contributed by atoms with Crippen molar-refractivity contribution in [1.82, 2.24) is 24.9 Å². The minimum absolute atomic E-state index is 0.134. The van der Waals surface area contributed by atoms with E-state index in [-0.39, 0.29) is 12.1 Å². The predicted molar refractivity (Wildman–Crippen MR) is 80.9 cm³/mol. The number of hydrogen-bond acceptors (Lipinski definition) is 4. The quantitative estimate of drug-likeness (QED) is 0.741. The van der Waals surface area contributed by atoms with Crippen molar-refractivity contribution in [3.8, 4) is 0 Å². The van der Waals surface area contributed by atoms with E-state index in [1.165, 1.54) is 0 Å². The standard InChI is InChI=1S/C16H15N5O/c22-15-9-5-11-20(15)16(13-7-3-4-10-17-13)21-14-8-2-1-6-12(14)18-19-21/h1-4,6-8,10,16H,5,9,11H2. The van der Waals surface area contributed by atoms with Gasteiger partial charge in [0.05, 0.1) is 11.2 Å². The zero-order valence-electron chi connectivity index (χ0n) is 12.0. The minimum atomic E-state index is -0.344. The van der Waals surface area contributed by atoms with E-state index in [0.29, 0.717) is 13.0 Å². The van der Waals surface area contributed by atoms with Crippen LogP contribution in [0.4, 0.5) is 0 Å². The lowest BCUT2D eigenvalue weighted by atomic mass is 10.2. The number of carbonyl (C=O) groups excluding carboxylic acids is 1. The van der Waals surface area contributed by atoms with Gasteiger partial charge in [0.1, 0.15) is 5.52 Å². The molecule has 3 aromatic rings. The summed E-state index contributed by atoms with van der Waals surface area (Å²) in [7, 11) is 0. The summed E-state index contributed by atoms with van der Waals surface area (Å²) in [5, 5.41) is 8.49. The SMILES string of the molecule is O=C1CCCN1C(c1ccccn1)n1nnc2ccccc21. The minimum Gasteiger partial charge on any atom is -0.315 e. The lowest BCUT2D eigenvalue weighted by Gasteiger charge is -2.27. The monoisotopic (exact) mass is 293 g/mol. The molecule has 1 fully saturated rings. The van der Waals surface area contributed by atoms with Gasteiger partial charge in [0.15, 0.2) is 6.17 Å². The Morgan fingerprint density at radius 1 is 1.09 bits per heavy atom. The van der Waals surface area contributed by atoms with E-state index < -0.39 is 0 Å². The summed E-state index contributed by atoms with van der Waals surface area (Å²) in [6, 6.07) is 13.5. The first-order valence-corrected chi connectivity index (χ1v) is 7.35. The highest BCUT2D eigenvalue weighted by atomic mass is 16.2. The first kappa shape index (κ1) is 12.9. The first-order chi connectivity index (χ1) is 10.8. The topological polar surface area (TPSA) is 63.9 Å². The second-order valence-electron chi connectivity index (χ2n) is 5.34. The first-order valence-electron chi connectivity index (χ1n) is 7.35. The summed E-state index contributed by atoms with van der Waals surface area (Å²) >= 11 is 0. The Bertz CT molecular complexity index is 814. The van der Waals surface area contributed by atoms with Crippen molar-refractivity contribution in [1.29, 1.82) is 0 Å². The van der Waals surface area contributed by atoms with Crippen LogP contribution in [0.2, 0.25) is 0 Å². The van der Waals surface area contributed by atoms with Gasteiger partial charge in [-0.1, -0.05) is 23.4 Å². The van der Waals surface area contributed by atoms with Crippen LogP contribution >= 0.6 is 0 Å². The summed E-state index contributed by atoms with van der Waals surface area (Å²) in [5.41, 5.74) is 2.52. The molecule has 110 valence electrons. The molecular weight excluding hydrogens is 278 g/mol. The molecule has 1 aliphatic heterocycles. The fourth-order valence-electron chi connectivity index (χ4n) is 2.94. The molecule has 3 heterocycles. The molecule has 0 radical (unpaired) electrons. The van der Waals surface area contributed by atoms with E-state index in [2.05, 4.69) is 15.3 Å². The van der Waals surface area contributed by atoms with Crippen LogP contribution in [0.5, 0.6) is 0 Å². The predicted octanol–water partition coefficient (Wildman–Crippen LogP) is 2.00. The Morgan fingerprint density at radius 2 is 1.95 bits per heavy atom. The molecule has 0 saturated carbocycles. The largest absolute Gasteiger partial charge is 0.315 e. The highest BCUT2D eigenvalue weighted by Gasteiger charge is 2.32. The summed E-state index contributed by atoms with van der Waals surface area (Å²) in [4.78, 5) is 18.5. The molecule has 1 aliphatic rings. The number of para-hydroxylation sites is 1. The van der Waals surface area contributed by atoms with E-state index in [9.17, 15) is 4.79 Å². The van der Waals surface area contributed by atoms with Gasteiger partial charge in [-0.3, -0.25) is 9.78 Å². The van der Waals surface area contributed by atoms with Crippen LogP contribution in [0.1, 0.15) is 24.7 Å². The maximum atomic E-state index is 12.3. The highest BCUT2D eigenvalue weighted by Crippen LogP contribution is 2.28. The van der Waals surface area contributed by atoms with Gasteiger partial charge in [0.2, 0.25) is 5.91 Å². The van der Waals surface area contributed by atoms with Crippen molar-refractivity contribution in [2.24, 2.45) is 0 Å². The lowest BCUT2D eigenvalue weighted by molar-refractivity contribution is -0.130. The molecule has 4 rings (SSSR count). The van der Waals surface area contributed by atoms with Gasteiger partial charge >= 0.3 is 0 Å². The third-order valence-corrected chi connectivity index (χ3v) is 3.97. The average molecular weight is 293 g/mol. The zero-order chi connectivity index (χ0) is 14.9. The number of carbonyl (C=O) groups is 1. The van der Waals surface area contributed by atoms with Crippen molar-refractivity contribution < 1.29 is 4.79 Å². The van der Waals surface area contributed by atoms with Crippen LogP contribution in [-0.2, 0) is 4.79 Å². The van der Waals surface area contributed by atoms with Crippen molar-refractivity contribution in [2.45, 2.75) is 19.0 Å². The Balaban J connectivity index is 1.89. The number of aromatic nitrogens is 4. The van der Waals surface area contributed by atoms with E-state index in [4.69, 9.17) is 0 Å². The molecule has 6 heteroatoms. The lowest BCUT2D eigenvalue weighted by Crippen LogP contribution is -2.35. The third-order valence-electron chi connectivity index (χ3n) is 3.97. The highest BCUT2D eigenvalue weighted by molar-refractivity contribution is 5.79. The van der Waals surface area contributed by atoms with Gasteiger partial charge in [0.25, 0.3) is 0 Å². The Kier molecular flexibility index (Phi) is 3.07. The molecule has 22 heavy (non-hydrogen) atoms. The maximum Gasteiger partial charge on any atom is 0.224 e. The molecule has 0 N–H and O–H groups in total. The van der Waals surface area contributed by atoms with Crippen LogP contribution in [0, 0.1) is 0 Å². The van der Waals surface area contributed by atoms with E-state index in [1.54, 1.807) is 10.9 Å². The fourth-order valence-corrected chi connectivity index (χ4v) is 2.94. The van der Waals surface area contributed by atoms with Crippen LogP contribution in [-0.4, -0.2) is 37.3 Å². The van der Waals surface area contributed by atoms with Crippen LogP contribution in [0.3, 0.4) is 0 Å². The summed E-state index contributed by atoms with van der Waals surface area (Å²) < 4.78 is 1.79. The second kappa shape index (κ2) is 5.22. The van der Waals surface area contributed by atoms with Crippen molar-refractivity contribution in [3.63, 3.8) is 0 Å². The average Bonchev–Trinajstić information content (AvgIpc) is 3.17. The molecule has 0 aliphatic carbocycles. The molecule has 6 nitrogen and oxygen atoms in total. The van der Waals surface area contributed by atoms with E-state index in [1.807, 2.05) is 47.4 Å². The van der Waals surface area contributed by atoms with Crippen LogP contribution in [0.15, 0.2) is 48.7 Å². The number of hydrogen-bond donors (Lipinski definition) is 0. The third kappa shape index (κ3) is 2.04. The number of rotatable bonds is 3. The molecule has 1 amide bonds. The normalized spacial score (nSPS) is 16.4. The van der Waals surface area contributed by atoms with Crippen molar-refractivity contribution in [3.05, 3.63) is 54.4 Å². The van der Waals surface area contributed by atoms with Gasteiger partial charge in [-0.05, 0) is 30.7 Å². The maximum absolute atomic E-state index is 12.3. The van der Waals surface area contributed by atoms with Gasteiger partial charge in [0, 0.05) is 19.2 Å². The van der Waals surface area contributed by atoms with Gasteiger partial charge in [-0.2, -0.15) is 0 Å². The molecular formula is C16H15N5O. The molecule has 1 saturated heterocycles. The number of pyridine rings is 1. The molecule has 1 atom stereocenters. The Hall–Kier alpha value is -2.76. The summed E-state index contributed by atoms with van der Waals surface area (Å²) in [6.07, 6.45) is 2.84. The molecule has 1 aromatic carbocycles. The van der Waals surface area contributed by atoms with Crippen LogP contribution < -0.4 is 0 Å².